The highest BCUT2D eigenvalue weighted by Gasteiger charge is 2.35. The summed E-state index contributed by atoms with van der Waals surface area (Å²) in [6.45, 7) is -0.528. The van der Waals surface area contributed by atoms with Crippen LogP contribution in [0.1, 0.15) is 5.56 Å². The van der Waals surface area contributed by atoms with Crippen molar-refractivity contribution in [3.05, 3.63) is 39.0 Å². The third kappa shape index (κ3) is 3.47. The summed E-state index contributed by atoms with van der Waals surface area (Å²) in [5, 5.41) is 20.2. The SMILES string of the molecule is COC(=O)C1=C(Nc2c(F)cc(C#N)c(F)c2Br)C(=O)N(CCO)C1. The van der Waals surface area contributed by atoms with Crippen molar-refractivity contribution in [2.75, 3.05) is 32.1 Å². The normalized spacial score (nSPS) is 13.9. The summed E-state index contributed by atoms with van der Waals surface area (Å²) >= 11 is 2.84. The van der Waals surface area contributed by atoms with Crippen molar-refractivity contribution in [2.24, 2.45) is 0 Å². The van der Waals surface area contributed by atoms with Gasteiger partial charge in [-0.1, -0.05) is 0 Å². The molecule has 2 N–H and O–H groups in total. The van der Waals surface area contributed by atoms with Gasteiger partial charge in [0.05, 0.1) is 41.6 Å². The predicted octanol–water partition coefficient (Wildman–Crippen LogP) is 1.27. The lowest BCUT2D eigenvalue weighted by Crippen LogP contribution is -2.31. The maximum absolute atomic E-state index is 14.2. The van der Waals surface area contributed by atoms with Crippen LogP contribution in [0.15, 0.2) is 21.8 Å². The van der Waals surface area contributed by atoms with Crippen molar-refractivity contribution < 1.29 is 28.2 Å². The van der Waals surface area contributed by atoms with E-state index in [9.17, 15) is 18.4 Å². The van der Waals surface area contributed by atoms with Crippen molar-refractivity contribution in [1.82, 2.24) is 4.90 Å². The maximum Gasteiger partial charge on any atom is 0.337 e. The number of benzene rings is 1. The Bertz CT molecular complexity index is 820. The predicted molar refractivity (Wildman–Crippen MR) is 85.1 cm³/mol. The summed E-state index contributed by atoms with van der Waals surface area (Å²) < 4.78 is 32.4. The molecule has 1 aromatic rings. The number of aliphatic hydroxyl groups is 1. The lowest BCUT2D eigenvalue weighted by molar-refractivity contribution is -0.136. The fourth-order valence-corrected chi connectivity index (χ4v) is 2.77. The van der Waals surface area contributed by atoms with Crippen molar-refractivity contribution in [2.45, 2.75) is 0 Å². The monoisotopic (exact) mass is 415 g/mol. The molecular weight excluding hydrogens is 404 g/mol. The highest BCUT2D eigenvalue weighted by atomic mass is 79.9. The van der Waals surface area contributed by atoms with Gasteiger partial charge in [0.2, 0.25) is 0 Å². The molecular formula is C15H12BrF2N3O4. The van der Waals surface area contributed by atoms with E-state index in [2.05, 4.69) is 26.0 Å². The van der Waals surface area contributed by atoms with E-state index in [1.54, 1.807) is 0 Å². The number of nitrogens with one attached hydrogen (secondary N) is 1. The number of aliphatic hydroxyl groups excluding tert-OH is 1. The number of anilines is 1. The third-order valence-corrected chi connectivity index (χ3v) is 4.23. The first kappa shape index (κ1) is 18.8. The topological polar surface area (TPSA) is 103 Å². The third-order valence-electron chi connectivity index (χ3n) is 3.48. The molecule has 132 valence electrons. The second-order valence-corrected chi connectivity index (χ2v) is 5.73. The van der Waals surface area contributed by atoms with E-state index in [4.69, 9.17) is 10.4 Å². The van der Waals surface area contributed by atoms with E-state index in [1.165, 1.54) is 6.07 Å². The summed E-state index contributed by atoms with van der Waals surface area (Å²) in [6.07, 6.45) is 0. The Hall–Kier alpha value is -2.51. The van der Waals surface area contributed by atoms with E-state index in [0.29, 0.717) is 6.07 Å². The van der Waals surface area contributed by atoms with Crippen molar-refractivity contribution in [3.8, 4) is 6.07 Å². The van der Waals surface area contributed by atoms with E-state index in [0.717, 1.165) is 12.0 Å². The van der Waals surface area contributed by atoms with E-state index >= 15 is 0 Å². The van der Waals surface area contributed by atoms with E-state index < -0.39 is 39.2 Å². The van der Waals surface area contributed by atoms with Gasteiger partial charge in [-0.25, -0.2) is 13.6 Å². The first-order valence-corrected chi connectivity index (χ1v) is 7.71. The zero-order chi connectivity index (χ0) is 18.7. The van der Waals surface area contributed by atoms with Crippen LogP contribution in [0, 0.1) is 23.0 Å². The molecule has 1 amide bonds. The van der Waals surface area contributed by atoms with E-state index in [1.807, 2.05) is 0 Å². The number of hydrogen-bond acceptors (Lipinski definition) is 6. The van der Waals surface area contributed by atoms with Crippen molar-refractivity contribution in [3.63, 3.8) is 0 Å². The number of methoxy groups -OCH3 is 1. The van der Waals surface area contributed by atoms with Crippen LogP contribution in [0.2, 0.25) is 0 Å². The van der Waals surface area contributed by atoms with Crippen LogP contribution < -0.4 is 5.32 Å². The zero-order valence-corrected chi connectivity index (χ0v) is 14.5. The van der Waals surface area contributed by atoms with Gasteiger partial charge in [0, 0.05) is 6.54 Å². The maximum atomic E-state index is 14.2. The largest absolute Gasteiger partial charge is 0.466 e. The second-order valence-electron chi connectivity index (χ2n) is 4.94. The van der Waals surface area contributed by atoms with Crippen molar-refractivity contribution >= 4 is 33.5 Å². The summed E-state index contributed by atoms with van der Waals surface area (Å²) in [6, 6.07) is 2.18. The minimum Gasteiger partial charge on any atom is -0.466 e. The molecule has 0 spiro atoms. The van der Waals surface area contributed by atoms with Gasteiger partial charge >= 0.3 is 5.97 Å². The first-order valence-electron chi connectivity index (χ1n) is 6.91. The first-order chi connectivity index (χ1) is 11.8. The van der Waals surface area contributed by atoms with Gasteiger partial charge in [-0.3, -0.25) is 4.79 Å². The molecule has 0 saturated heterocycles. The molecule has 0 atom stereocenters. The highest BCUT2D eigenvalue weighted by molar-refractivity contribution is 9.10. The quantitative estimate of drug-likeness (QED) is 0.554. The number of ether oxygens (including phenoxy) is 1. The summed E-state index contributed by atoms with van der Waals surface area (Å²) in [5.41, 5.74) is -1.33. The molecule has 7 nitrogen and oxygen atoms in total. The standard InChI is InChI=1S/C15H12BrF2N3O4/c1-25-15(24)8-6-21(2-3-22)14(23)12(8)20-13-9(17)4-7(5-19)11(18)10(13)16/h4,20,22H,2-3,6H2,1H3. The Kier molecular flexibility index (Phi) is 5.71. The molecule has 10 heteroatoms. The fraction of sp³-hybridized carbons (Fsp3) is 0.267. The second kappa shape index (κ2) is 7.58. The smallest absolute Gasteiger partial charge is 0.337 e. The molecule has 0 bridgehead atoms. The summed E-state index contributed by atoms with van der Waals surface area (Å²) in [7, 11) is 1.12. The van der Waals surface area contributed by atoms with Gasteiger partial charge in [-0.05, 0) is 22.0 Å². The molecule has 0 saturated carbocycles. The zero-order valence-electron chi connectivity index (χ0n) is 12.9. The number of nitriles is 1. The van der Waals surface area contributed by atoms with E-state index in [-0.39, 0.29) is 31.0 Å². The molecule has 0 unspecified atom stereocenters. The minimum absolute atomic E-state index is 0.0457. The Morgan fingerprint density at radius 1 is 1.56 bits per heavy atom. The van der Waals surface area contributed by atoms with Crippen LogP contribution in [-0.4, -0.2) is 48.7 Å². The lowest BCUT2D eigenvalue weighted by Gasteiger charge is -2.16. The molecule has 1 aromatic carbocycles. The van der Waals surface area contributed by atoms with Gasteiger partial charge in [0.25, 0.3) is 5.91 Å². The molecule has 1 aliphatic rings. The van der Waals surface area contributed by atoms with Gasteiger partial charge in [0.1, 0.15) is 17.6 Å². The molecule has 0 fully saturated rings. The van der Waals surface area contributed by atoms with Crippen LogP contribution in [0.4, 0.5) is 14.5 Å². The van der Waals surface area contributed by atoms with Crippen LogP contribution in [0.5, 0.6) is 0 Å². The van der Waals surface area contributed by atoms with Gasteiger partial charge < -0.3 is 20.1 Å². The van der Waals surface area contributed by atoms with Gasteiger partial charge in [0.15, 0.2) is 5.82 Å². The fourth-order valence-electron chi connectivity index (χ4n) is 2.26. The molecule has 0 aromatic heterocycles. The van der Waals surface area contributed by atoms with Crippen molar-refractivity contribution in [1.29, 1.82) is 5.26 Å². The van der Waals surface area contributed by atoms with Crippen LogP contribution in [0.25, 0.3) is 0 Å². The number of nitrogens with zero attached hydrogens (tertiary/aromatic N) is 2. The molecule has 0 aliphatic carbocycles. The average molecular weight is 416 g/mol. The molecule has 0 radical (unpaired) electrons. The Balaban J connectivity index is 2.49. The molecule has 1 aliphatic heterocycles. The summed E-state index contributed by atoms with van der Waals surface area (Å²) in [4.78, 5) is 25.4. The Morgan fingerprint density at radius 2 is 2.24 bits per heavy atom. The van der Waals surface area contributed by atoms with Crippen LogP contribution >= 0.6 is 15.9 Å². The molecule has 1 heterocycles. The van der Waals surface area contributed by atoms with Crippen LogP contribution in [0.3, 0.4) is 0 Å². The number of carbonyl (C=O) groups excluding carboxylic acids is 2. The summed E-state index contributed by atoms with van der Waals surface area (Å²) in [5.74, 6) is -3.49. The average Bonchev–Trinajstić information content (AvgIpc) is 2.90. The van der Waals surface area contributed by atoms with Gasteiger partial charge in [-0.2, -0.15) is 5.26 Å². The number of esters is 1. The van der Waals surface area contributed by atoms with Gasteiger partial charge in [-0.15, -0.1) is 0 Å². The minimum atomic E-state index is -1.01. The van der Waals surface area contributed by atoms with Crippen LogP contribution in [-0.2, 0) is 14.3 Å². The number of amides is 1. The number of carbonyl (C=O) groups is 2. The number of rotatable bonds is 5. The number of halogens is 3. The highest BCUT2D eigenvalue weighted by Crippen LogP contribution is 2.33. The number of hydrogen-bond donors (Lipinski definition) is 2. The Morgan fingerprint density at radius 3 is 2.80 bits per heavy atom. The molecule has 2 rings (SSSR count). The molecule has 25 heavy (non-hydrogen) atoms. The number of β-amino-alcohol motifs (C(OH)–C–C–N with tert-alkyl or cyclic N) is 1. The lowest BCUT2D eigenvalue weighted by atomic mass is 10.1. The Labute approximate surface area is 149 Å².